The quantitative estimate of drug-likeness (QED) is 0.669. The van der Waals surface area contributed by atoms with Gasteiger partial charge in [0.15, 0.2) is 5.88 Å². The molecular formula is C24H21N3O. The van der Waals surface area contributed by atoms with Crippen LogP contribution in [-0.4, -0.2) is 22.3 Å². The van der Waals surface area contributed by atoms with E-state index in [9.17, 15) is 0 Å². The number of benzene rings is 2. The maximum atomic E-state index is 6.26. The molecule has 28 heavy (non-hydrogen) atoms. The highest BCUT2D eigenvalue weighted by Gasteiger charge is 2.37. The number of amidine groups is 1. The maximum absolute atomic E-state index is 6.26. The molecule has 0 amide bonds. The van der Waals surface area contributed by atoms with Gasteiger partial charge in [-0.25, -0.2) is 0 Å². The summed E-state index contributed by atoms with van der Waals surface area (Å²) in [5.41, 5.74) is 5.75. The highest BCUT2D eigenvalue weighted by molar-refractivity contribution is 6.02. The molecule has 1 atom stereocenters. The second-order valence-corrected chi connectivity index (χ2v) is 7.14. The first kappa shape index (κ1) is 16.8. The molecule has 3 heterocycles. The minimum Gasteiger partial charge on any atom is -0.472 e. The van der Waals surface area contributed by atoms with Crippen molar-refractivity contribution in [3.63, 3.8) is 0 Å². The highest BCUT2D eigenvalue weighted by atomic mass is 16.5. The van der Waals surface area contributed by atoms with E-state index >= 15 is 0 Å². The summed E-state index contributed by atoms with van der Waals surface area (Å²) in [6.07, 6.45) is 3.91. The third-order valence-corrected chi connectivity index (χ3v) is 5.23. The molecule has 0 bridgehead atoms. The lowest BCUT2D eigenvalue weighted by molar-refractivity contribution is 0.123. The molecule has 0 spiro atoms. The van der Waals surface area contributed by atoms with Crippen molar-refractivity contribution >= 4 is 11.9 Å². The summed E-state index contributed by atoms with van der Waals surface area (Å²) in [5.74, 6) is 1.79. The number of hydrogen-bond donors (Lipinski definition) is 0. The van der Waals surface area contributed by atoms with Gasteiger partial charge in [-0.05, 0) is 30.2 Å². The molecule has 0 N–H and O–H groups in total. The summed E-state index contributed by atoms with van der Waals surface area (Å²) in [5, 5.41) is 0. The standard InChI is InChI=1S/C24H21N3O/c1-17-9-11-18(12-10-17)24-26-15-22-21-8-3-2-6-19(21)14-23(27(22)24)28-16-20-7-4-5-13-25-20/h2-14,22H,15-16H2,1H3. The first-order valence-corrected chi connectivity index (χ1v) is 9.54. The Bertz CT molecular complexity index is 1050. The van der Waals surface area contributed by atoms with E-state index < -0.39 is 0 Å². The Morgan fingerprint density at radius 3 is 2.64 bits per heavy atom. The van der Waals surface area contributed by atoms with Crippen LogP contribution >= 0.6 is 0 Å². The van der Waals surface area contributed by atoms with Gasteiger partial charge in [0.25, 0.3) is 0 Å². The van der Waals surface area contributed by atoms with Crippen LogP contribution in [0, 0.1) is 6.92 Å². The lowest BCUT2D eigenvalue weighted by Gasteiger charge is -2.34. The van der Waals surface area contributed by atoms with Crippen molar-refractivity contribution < 1.29 is 4.74 Å². The maximum Gasteiger partial charge on any atom is 0.196 e. The Labute approximate surface area is 164 Å². The molecule has 3 aromatic rings. The molecule has 2 aliphatic rings. The van der Waals surface area contributed by atoms with Gasteiger partial charge in [-0.1, -0.05) is 60.2 Å². The van der Waals surface area contributed by atoms with Gasteiger partial charge < -0.3 is 4.74 Å². The molecular weight excluding hydrogens is 346 g/mol. The average molecular weight is 367 g/mol. The minimum absolute atomic E-state index is 0.163. The van der Waals surface area contributed by atoms with Crippen LogP contribution in [0.15, 0.2) is 83.8 Å². The Morgan fingerprint density at radius 1 is 1.00 bits per heavy atom. The summed E-state index contributed by atoms with van der Waals surface area (Å²) < 4.78 is 6.26. The Hall–Kier alpha value is -3.40. The molecule has 138 valence electrons. The van der Waals surface area contributed by atoms with Crippen molar-refractivity contribution in [3.8, 4) is 0 Å². The van der Waals surface area contributed by atoms with E-state index in [1.165, 1.54) is 16.7 Å². The van der Waals surface area contributed by atoms with Crippen LogP contribution in [0.2, 0.25) is 0 Å². The number of aliphatic imine (C=N–C) groups is 1. The molecule has 0 fully saturated rings. The molecule has 5 rings (SSSR count). The van der Waals surface area contributed by atoms with Crippen LogP contribution < -0.4 is 0 Å². The van der Waals surface area contributed by atoms with Crippen molar-refractivity contribution in [1.29, 1.82) is 0 Å². The largest absolute Gasteiger partial charge is 0.472 e. The van der Waals surface area contributed by atoms with E-state index in [1.807, 2.05) is 18.2 Å². The predicted molar refractivity (Wildman–Crippen MR) is 111 cm³/mol. The summed E-state index contributed by atoms with van der Waals surface area (Å²) in [7, 11) is 0. The smallest absolute Gasteiger partial charge is 0.196 e. The molecule has 0 saturated carbocycles. The molecule has 0 saturated heterocycles. The number of pyridine rings is 1. The molecule has 2 aromatic carbocycles. The van der Waals surface area contributed by atoms with Crippen LogP contribution in [0.4, 0.5) is 0 Å². The van der Waals surface area contributed by atoms with E-state index in [0.717, 1.165) is 29.5 Å². The zero-order valence-electron chi connectivity index (χ0n) is 15.7. The Morgan fingerprint density at radius 2 is 1.82 bits per heavy atom. The van der Waals surface area contributed by atoms with Crippen LogP contribution in [0.25, 0.3) is 6.08 Å². The van der Waals surface area contributed by atoms with Gasteiger partial charge >= 0.3 is 0 Å². The molecule has 4 heteroatoms. The Kier molecular flexibility index (Phi) is 4.17. The number of nitrogens with zero attached hydrogens (tertiary/aromatic N) is 3. The topological polar surface area (TPSA) is 37.7 Å². The van der Waals surface area contributed by atoms with Crippen molar-refractivity contribution in [2.24, 2.45) is 4.99 Å². The zero-order chi connectivity index (χ0) is 18.9. The van der Waals surface area contributed by atoms with E-state index in [0.29, 0.717) is 6.61 Å². The summed E-state index contributed by atoms with van der Waals surface area (Å²) in [4.78, 5) is 11.5. The lowest BCUT2D eigenvalue weighted by atomic mass is 9.96. The van der Waals surface area contributed by atoms with Gasteiger partial charge in [0.1, 0.15) is 12.4 Å². The number of ether oxygens (including phenoxy) is 1. The molecule has 1 aromatic heterocycles. The SMILES string of the molecule is Cc1ccc(C2=NCC3c4ccccc4C=C(OCc4ccccn4)N23)cc1. The second-order valence-electron chi connectivity index (χ2n) is 7.14. The summed E-state index contributed by atoms with van der Waals surface area (Å²) in [6.45, 7) is 3.26. The second kappa shape index (κ2) is 6.97. The van der Waals surface area contributed by atoms with E-state index in [-0.39, 0.29) is 6.04 Å². The number of fused-ring (bicyclic) bond motifs is 3. The van der Waals surface area contributed by atoms with Crippen molar-refractivity contribution in [1.82, 2.24) is 9.88 Å². The van der Waals surface area contributed by atoms with Crippen LogP contribution in [0.3, 0.4) is 0 Å². The third kappa shape index (κ3) is 2.97. The molecule has 0 radical (unpaired) electrons. The summed E-state index contributed by atoms with van der Waals surface area (Å²) >= 11 is 0. The third-order valence-electron chi connectivity index (χ3n) is 5.23. The first-order chi connectivity index (χ1) is 13.8. The van der Waals surface area contributed by atoms with E-state index in [4.69, 9.17) is 9.73 Å². The first-order valence-electron chi connectivity index (χ1n) is 9.54. The van der Waals surface area contributed by atoms with Crippen molar-refractivity contribution in [2.75, 3.05) is 6.54 Å². The highest BCUT2D eigenvalue weighted by Crippen LogP contribution is 2.39. The fourth-order valence-corrected chi connectivity index (χ4v) is 3.80. The lowest BCUT2D eigenvalue weighted by Crippen LogP contribution is -2.34. The Balaban J connectivity index is 1.51. The van der Waals surface area contributed by atoms with Crippen LogP contribution in [0.1, 0.15) is 34.0 Å². The van der Waals surface area contributed by atoms with E-state index in [1.54, 1.807) is 6.20 Å². The van der Waals surface area contributed by atoms with Gasteiger partial charge in [-0.2, -0.15) is 0 Å². The van der Waals surface area contributed by atoms with Gasteiger partial charge in [0.05, 0.1) is 18.3 Å². The fourth-order valence-electron chi connectivity index (χ4n) is 3.80. The number of rotatable bonds is 4. The number of hydrogen-bond acceptors (Lipinski definition) is 4. The van der Waals surface area contributed by atoms with Crippen molar-refractivity contribution in [3.05, 3.63) is 107 Å². The number of aryl methyl sites for hydroxylation is 1. The normalized spacial score (nSPS) is 17.5. The monoisotopic (exact) mass is 367 g/mol. The number of aromatic nitrogens is 1. The fraction of sp³-hybridized carbons (Fsp3) is 0.167. The van der Waals surface area contributed by atoms with Gasteiger partial charge in [-0.15, -0.1) is 0 Å². The van der Waals surface area contributed by atoms with E-state index in [2.05, 4.69) is 71.4 Å². The van der Waals surface area contributed by atoms with Crippen molar-refractivity contribution in [2.45, 2.75) is 19.6 Å². The zero-order valence-corrected chi connectivity index (χ0v) is 15.7. The predicted octanol–water partition coefficient (Wildman–Crippen LogP) is 4.72. The summed E-state index contributed by atoms with van der Waals surface area (Å²) in [6, 6.07) is 23.0. The minimum atomic E-state index is 0.163. The van der Waals surface area contributed by atoms with Gasteiger partial charge in [0.2, 0.25) is 0 Å². The molecule has 0 aliphatic carbocycles. The molecule has 1 unspecified atom stereocenters. The average Bonchev–Trinajstić information content (AvgIpc) is 3.19. The van der Waals surface area contributed by atoms with Gasteiger partial charge in [0, 0.05) is 17.8 Å². The molecule has 2 aliphatic heterocycles. The van der Waals surface area contributed by atoms with Crippen LogP contribution in [0.5, 0.6) is 0 Å². The van der Waals surface area contributed by atoms with Crippen LogP contribution in [-0.2, 0) is 11.3 Å². The molecule has 4 nitrogen and oxygen atoms in total. The van der Waals surface area contributed by atoms with Gasteiger partial charge in [-0.3, -0.25) is 14.9 Å².